The van der Waals surface area contributed by atoms with Crippen LogP contribution in [0.25, 0.3) is 0 Å². The molecule has 0 unspecified atom stereocenters. The van der Waals surface area contributed by atoms with Gasteiger partial charge in [0.25, 0.3) is 0 Å². The smallest absolute Gasteiger partial charge is 0.363 e. The molecule has 0 saturated carbocycles. The number of rotatable bonds is 3. The van der Waals surface area contributed by atoms with Gasteiger partial charge in [-0.05, 0) is 42.0 Å². The maximum Gasteiger partial charge on any atom is 0.437 e. The number of amides is 2. The van der Waals surface area contributed by atoms with E-state index in [0.717, 1.165) is 0 Å². The summed E-state index contributed by atoms with van der Waals surface area (Å²) in [5.41, 5.74) is -3.91. The zero-order valence-electron chi connectivity index (χ0n) is 14.2. The Morgan fingerprint density at radius 2 is 1.66 bits per heavy atom. The van der Waals surface area contributed by atoms with Crippen molar-refractivity contribution < 1.29 is 27.9 Å². The van der Waals surface area contributed by atoms with Gasteiger partial charge in [0.15, 0.2) is 5.78 Å². The van der Waals surface area contributed by atoms with Crippen LogP contribution in [0.1, 0.15) is 22.0 Å². The number of ketones is 1. The molecular weight excluding hydrogens is 456 g/mol. The molecule has 2 amide bonds. The third-order valence-electron chi connectivity index (χ3n) is 4.52. The maximum atomic E-state index is 13.8. The van der Waals surface area contributed by atoms with Crippen LogP contribution in [0.3, 0.4) is 0 Å². The lowest BCUT2D eigenvalue weighted by Crippen LogP contribution is -2.72. The normalized spacial score (nSPS) is 24.6. The molecule has 0 bridgehead atoms. The summed E-state index contributed by atoms with van der Waals surface area (Å²) in [5, 5.41) is 14.6. The average Bonchev–Trinajstić information content (AvgIpc) is 2.62. The van der Waals surface area contributed by atoms with Crippen molar-refractivity contribution in [3.8, 4) is 0 Å². The van der Waals surface area contributed by atoms with Crippen LogP contribution in [-0.4, -0.2) is 28.8 Å². The Kier molecular flexibility index (Phi) is 5.75. The van der Waals surface area contributed by atoms with Crippen molar-refractivity contribution in [3.05, 3.63) is 68.7 Å². The van der Waals surface area contributed by atoms with Crippen molar-refractivity contribution in [2.24, 2.45) is 5.92 Å². The summed E-state index contributed by atoms with van der Waals surface area (Å²) in [6, 6.07) is 6.09. The highest BCUT2D eigenvalue weighted by Crippen LogP contribution is 2.44. The fourth-order valence-electron chi connectivity index (χ4n) is 3.12. The molecule has 0 aromatic heterocycles. The number of carbonyl (C=O) groups excluding carboxylic acids is 2. The Bertz CT molecular complexity index is 969. The van der Waals surface area contributed by atoms with Crippen LogP contribution in [0, 0.1) is 5.92 Å². The maximum absolute atomic E-state index is 13.8. The topological polar surface area (TPSA) is 78.4 Å². The molecule has 11 heteroatoms. The van der Waals surface area contributed by atoms with Gasteiger partial charge in [0.1, 0.15) is 5.92 Å². The van der Waals surface area contributed by atoms with Crippen LogP contribution in [0.5, 0.6) is 0 Å². The summed E-state index contributed by atoms with van der Waals surface area (Å²) < 4.78 is 41.4. The third-order valence-corrected chi connectivity index (χ3v) is 5.51. The average molecular weight is 468 g/mol. The molecule has 3 atom stereocenters. The van der Waals surface area contributed by atoms with Crippen molar-refractivity contribution in [3.63, 3.8) is 0 Å². The van der Waals surface area contributed by atoms with E-state index in [1.54, 1.807) is 0 Å². The summed E-state index contributed by atoms with van der Waals surface area (Å²) in [6.45, 7) is 0. The van der Waals surface area contributed by atoms with Crippen molar-refractivity contribution in [1.82, 2.24) is 10.6 Å². The van der Waals surface area contributed by atoms with Gasteiger partial charge >= 0.3 is 12.2 Å². The van der Waals surface area contributed by atoms with Crippen LogP contribution in [0.4, 0.5) is 18.0 Å². The van der Waals surface area contributed by atoms with Crippen LogP contribution in [0.2, 0.25) is 15.1 Å². The molecule has 0 radical (unpaired) electrons. The summed E-state index contributed by atoms with van der Waals surface area (Å²) in [4.78, 5) is 25.0. The molecule has 0 aliphatic carbocycles. The highest BCUT2D eigenvalue weighted by molar-refractivity contribution is 6.42. The molecular formula is C18H12Cl3F3N2O3. The van der Waals surface area contributed by atoms with E-state index in [9.17, 15) is 27.9 Å². The van der Waals surface area contributed by atoms with Crippen molar-refractivity contribution in [2.45, 2.75) is 17.9 Å². The second-order valence-corrected chi connectivity index (χ2v) is 7.61. The Morgan fingerprint density at radius 3 is 2.21 bits per heavy atom. The number of nitrogens with one attached hydrogen (secondary N) is 2. The summed E-state index contributed by atoms with van der Waals surface area (Å²) in [5.74, 6) is -3.23. The van der Waals surface area contributed by atoms with Gasteiger partial charge in [-0.3, -0.25) is 4.79 Å². The van der Waals surface area contributed by atoms with E-state index in [1.807, 2.05) is 0 Å². The van der Waals surface area contributed by atoms with Crippen LogP contribution >= 0.6 is 34.8 Å². The first-order valence-corrected chi connectivity index (χ1v) is 9.20. The molecule has 0 spiro atoms. The molecule has 1 aliphatic rings. The number of benzene rings is 2. The standard InChI is InChI=1S/C18H12Cl3F3N2O3/c19-10-4-1-8(2-5-10)15(27)13-14(9-3-6-11(20)12(21)7-9)25-16(28)26-17(13,29)18(22,23)24/h1-7,13-14,29H,(H2,25,26,28)/t13-,14+,17-/m1/s1. The largest absolute Gasteiger partial charge is 0.437 e. The van der Waals surface area contributed by atoms with Crippen LogP contribution in [-0.2, 0) is 0 Å². The minimum absolute atomic E-state index is 0.00480. The first kappa shape index (κ1) is 21.7. The van der Waals surface area contributed by atoms with Crippen molar-refractivity contribution >= 4 is 46.6 Å². The van der Waals surface area contributed by atoms with E-state index in [4.69, 9.17) is 34.8 Å². The van der Waals surface area contributed by atoms with Gasteiger partial charge in [0, 0.05) is 10.6 Å². The second-order valence-electron chi connectivity index (χ2n) is 6.36. The lowest BCUT2D eigenvalue weighted by atomic mass is 9.77. The first-order valence-electron chi connectivity index (χ1n) is 8.06. The number of alkyl halides is 3. The number of aliphatic hydroxyl groups is 1. The van der Waals surface area contributed by atoms with E-state index in [-0.39, 0.29) is 26.2 Å². The number of hydrogen-bond acceptors (Lipinski definition) is 3. The lowest BCUT2D eigenvalue weighted by molar-refractivity contribution is -0.287. The Labute approximate surface area is 177 Å². The molecule has 1 fully saturated rings. The second kappa shape index (κ2) is 7.68. The van der Waals surface area contributed by atoms with E-state index in [1.165, 1.54) is 47.8 Å². The predicted octanol–water partition coefficient (Wildman–Crippen LogP) is 4.75. The summed E-state index contributed by atoms with van der Waals surface area (Å²) in [6.07, 6.45) is -5.36. The number of Topliss-reactive ketones (excluding diaryl/α,β-unsaturated/α-hetero) is 1. The molecule has 3 N–H and O–H groups in total. The number of urea groups is 1. The highest BCUT2D eigenvalue weighted by atomic mass is 35.5. The molecule has 3 rings (SSSR count). The first-order chi connectivity index (χ1) is 13.4. The van der Waals surface area contributed by atoms with Gasteiger partial charge in [0.05, 0.1) is 16.1 Å². The van der Waals surface area contributed by atoms with Crippen LogP contribution < -0.4 is 10.6 Å². The molecule has 29 heavy (non-hydrogen) atoms. The number of hydrogen-bond donors (Lipinski definition) is 3. The molecule has 2 aromatic carbocycles. The third kappa shape index (κ3) is 4.02. The molecule has 2 aromatic rings. The fraction of sp³-hybridized carbons (Fsp3) is 0.222. The Balaban J connectivity index is 2.17. The minimum atomic E-state index is -5.36. The van der Waals surface area contributed by atoms with Crippen molar-refractivity contribution in [2.75, 3.05) is 0 Å². The summed E-state index contributed by atoms with van der Waals surface area (Å²) in [7, 11) is 0. The van der Waals surface area contributed by atoms with E-state index in [2.05, 4.69) is 5.32 Å². The number of carbonyl (C=O) groups is 2. The van der Waals surface area contributed by atoms with Crippen LogP contribution in [0.15, 0.2) is 42.5 Å². The highest BCUT2D eigenvalue weighted by Gasteiger charge is 2.66. The van der Waals surface area contributed by atoms with E-state index < -0.39 is 35.7 Å². The molecule has 1 aliphatic heterocycles. The fourth-order valence-corrected chi connectivity index (χ4v) is 3.55. The molecule has 5 nitrogen and oxygen atoms in total. The summed E-state index contributed by atoms with van der Waals surface area (Å²) >= 11 is 17.6. The van der Waals surface area contributed by atoms with Gasteiger partial charge in [-0.1, -0.05) is 40.9 Å². The monoisotopic (exact) mass is 466 g/mol. The number of halogens is 6. The van der Waals surface area contributed by atoms with Crippen molar-refractivity contribution in [1.29, 1.82) is 0 Å². The molecule has 154 valence electrons. The zero-order chi connectivity index (χ0) is 21.6. The molecule has 1 heterocycles. The SMILES string of the molecule is O=C1N[C@@H](c2ccc(Cl)c(Cl)c2)[C@H](C(=O)c2ccc(Cl)cc2)[C@@](O)(C(F)(F)F)N1. The van der Waals surface area contributed by atoms with E-state index in [0.29, 0.717) is 0 Å². The molecule has 1 saturated heterocycles. The predicted molar refractivity (Wildman–Crippen MR) is 101 cm³/mol. The Morgan fingerprint density at radius 1 is 1.03 bits per heavy atom. The van der Waals surface area contributed by atoms with Gasteiger partial charge in [0.2, 0.25) is 5.72 Å². The zero-order valence-corrected chi connectivity index (χ0v) is 16.5. The Hall–Kier alpha value is -2.00. The minimum Gasteiger partial charge on any atom is -0.363 e. The van der Waals surface area contributed by atoms with Gasteiger partial charge < -0.3 is 15.7 Å². The van der Waals surface area contributed by atoms with E-state index >= 15 is 0 Å². The van der Waals surface area contributed by atoms with Gasteiger partial charge in [-0.25, -0.2) is 4.79 Å². The van der Waals surface area contributed by atoms with Gasteiger partial charge in [-0.2, -0.15) is 13.2 Å². The quantitative estimate of drug-likeness (QED) is 0.570. The van der Waals surface area contributed by atoms with Gasteiger partial charge in [-0.15, -0.1) is 0 Å². The lowest BCUT2D eigenvalue weighted by Gasteiger charge is -2.45.